The van der Waals surface area contributed by atoms with Crippen LogP contribution < -0.4 is 10.9 Å². The Morgan fingerprint density at radius 3 is 2.69 bits per heavy atom. The Labute approximate surface area is 81.6 Å². The van der Waals surface area contributed by atoms with Crippen molar-refractivity contribution in [2.45, 2.75) is 6.17 Å². The van der Waals surface area contributed by atoms with Crippen LogP contribution in [0.1, 0.15) is 11.7 Å². The molecule has 0 spiro atoms. The van der Waals surface area contributed by atoms with Gasteiger partial charge in [0.1, 0.15) is 6.17 Å². The van der Waals surface area contributed by atoms with Crippen molar-refractivity contribution >= 4 is 16.9 Å². The first-order valence-corrected chi connectivity index (χ1v) is 5.31. The number of hydrogen-bond acceptors (Lipinski definition) is 4. The Kier molecular flexibility index (Phi) is 2.52. The fraction of sp³-hybridized carbons (Fsp3) is 0.222. The summed E-state index contributed by atoms with van der Waals surface area (Å²) in [6.07, 6.45) is 2.06. The third kappa shape index (κ3) is 1.84. The first-order chi connectivity index (χ1) is 6.40. The maximum absolute atomic E-state index is 4.43. The van der Waals surface area contributed by atoms with Gasteiger partial charge in [-0.3, -0.25) is 5.43 Å². The smallest absolute Gasteiger partial charge is 0.172 e. The highest BCUT2D eigenvalue weighted by Gasteiger charge is 2.15. The van der Waals surface area contributed by atoms with Gasteiger partial charge in [-0.2, -0.15) is 0 Å². The van der Waals surface area contributed by atoms with Crippen LogP contribution in [0.15, 0.2) is 35.3 Å². The van der Waals surface area contributed by atoms with E-state index in [0.29, 0.717) is 0 Å². The molecule has 3 nitrogen and oxygen atoms in total. The molecule has 1 aromatic rings. The number of rotatable bonds is 1. The van der Waals surface area contributed by atoms with E-state index in [2.05, 4.69) is 28.0 Å². The van der Waals surface area contributed by atoms with Gasteiger partial charge in [0, 0.05) is 0 Å². The number of thioether (sulfide) groups is 1. The summed E-state index contributed by atoms with van der Waals surface area (Å²) in [5, 5.41) is 0.939. The fourth-order valence-corrected chi connectivity index (χ4v) is 1.58. The van der Waals surface area contributed by atoms with E-state index in [0.717, 1.165) is 5.17 Å². The number of amidine groups is 1. The summed E-state index contributed by atoms with van der Waals surface area (Å²) >= 11 is 1.61. The average molecular weight is 193 g/mol. The van der Waals surface area contributed by atoms with Crippen molar-refractivity contribution in [2.75, 3.05) is 6.26 Å². The average Bonchev–Trinajstić information content (AvgIpc) is 2.67. The van der Waals surface area contributed by atoms with E-state index < -0.39 is 0 Å². The predicted molar refractivity (Wildman–Crippen MR) is 56.4 cm³/mol. The van der Waals surface area contributed by atoms with Gasteiger partial charge in [-0.1, -0.05) is 42.1 Å². The summed E-state index contributed by atoms with van der Waals surface area (Å²) < 4.78 is 0. The molecule has 0 fully saturated rings. The van der Waals surface area contributed by atoms with Gasteiger partial charge in [-0.25, -0.2) is 10.4 Å². The number of hydrogen-bond donors (Lipinski definition) is 2. The molecule has 13 heavy (non-hydrogen) atoms. The van der Waals surface area contributed by atoms with Gasteiger partial charge in [0.05, 0.1) is 0 Å². The summed E-state index contributed by atoms with van der Waals surface area (Å²) in [5.41, 5.74) is 7.30. The SMILES string of the molecule is CSC1=NC(c2ccccc2)NN1. The Hall–Kier alpha value is -1.00. The van der Waals surface area contributed by atoms with E-state index in [4.69, 9.17) is 0 Å². The van der Waals surface area contributed by atoms with Crippen molar-refractivity contribution in [1.82, 2.24) is 10.9 Å². The van der Waals surface area contributed by atoms with Crippen LogP contribution in [-0.4, -0.2) is 11.4 Å². The largest absolute Gasteiger partial charge is 0.298 e. The molecule has 0 amide bonds. The van der Waals surface area contributed by atoms with Crippen molar-refractivity contribution in [1.29, 1.82) is 0 Å². The third-order valence-electron chi connectivity index (χ3n) is 1.87. The number of nitrogens with zero attached hydrogens (tertiary/aromatic N) is 1. The van der Waals surface area contributed by atoms with E-state index >= 15 is 0 Å². The van der Waals surface area contributed by atoms with Crippen molar-refractivity contribution in [2.24, 2.45) is 4.99 Å². The van der Waals surface area contributed by atoms with Crippen LogP contribution >= 0.6 is 11.8 Å². The molecule has 68 valence electrons. The van der Waals surface area contributed by atoms with Crippen molar-refractivity contribution in [3.63, 3.8) is 0 Å². The molecule has 0 saturated heterocycles. The van der Waals surface area contributed by atoms with Crippen LogP contribution in [-0.2, 0) is 0 Å². The Balaban J connectivity index is 2.16. The topological polar surface area (TPSA) is 36.4 Å². The van der Waals surface area contributed by atoms with Gasteiger partial charge < -0.3 is 0 Å². The molecule has 1 heterocycles. The molecule has 0 aliphatic carbocycles. The summed E-state index contributed by atoms with van der Waals surface area (Å²) in [6, 6.07) is 10.2. The molecule has 1 unspecified atom stereocenters. The van der Waals surface area contributed by atoms with Crippen LogP contribution in [0.5, 0.6) is 0 Å². The van der Waals surface area contributed by atoms with E-state index in [1.165, 1.54) is 5.56 Å². The second-order valence-electron chi connectivity index (χ2n) is 2.72. The number of hydrazine groups is 1. The fourth-order valence-electron chi connectivity index (χ4n) is 1.21. The van der Waals surface area contributed by atoms with Crippen LogP contribution in [0.2, 0.25) is 0 Å². The zero-order valence-electron chi connectivity index (χ0n) is 7.32. The Bertz CT molecular complexity index is 310. The van der Waals surface area contributed by atoms with Gasteiger partial charge in [0.15, 0.2) is 5.17 Å². The molecule has 0 aromatic heterocycles. The predicted octanol–water partition coefficient (Wildman–Crippen LogP) is 1.51. The second kappa shape index (κ2) is 3.81. The molecule has 2 N–H and O–H groups in total. The van der Waals surface area contributed by atoms with Gasteiger partial charge in [-0.15, -0.1) is 0 Å². The zero-order chi connectivity index (χ0) is 9.10. The molecule has 0 bridgehead atoms. The van der Waals surface area contributed by atoms with Gasteiger partial charge in [0.2, 0.25) is 0 Å². The lowest BCUT2D eigenvalue weighted by Crippen LogP contribution is -2.29. The van der Waals surface area contributed by atoms with Crippen LogP contribution in [0, 0.1) is 0 Å². The van der Waals surface area contributed by atoms with Crippen molar-refractivity contribution in [3.8, 4) is 0 Å². The second-order valence-corrected chi connectivity index (χ2v) is 3.52. The minimum atomic E-state index is 0.0589. The highest BCUT2D eigenvalue weighted by Crippen LogP contribution is 2.17. The molecule has 1 aliphatic rings. The highest BCUT2D eigenvalue weighted by atomic mass is 32.2. The lowest BCUT2D eigenvalue weighted by Gasteiger charge is -2.05. The summed E-state index contributed by atoms with van der Waals surface area (Å²) in [7, 11) is 0. The molecule has 0 radical (unpaired) electrons. The maximum Gasteiger partial charge on any atom is 0.172 e. The summed E-state index contributed by atoms with van der Waals surface area (Å²) in [5.74, 6) is 0. The number of aliphatic imine (C=N–C) groups is 1. The maximum atomic E-state index is 4.43. The van der Waals surface area contributed by atoms with Gasteiger partial charge in [0.25, 0.3) is 0 Å². The molecule has 1 aromatic carbocycles. The van der Waals surface area contributed by atoms with Crippen LogP contribution in [0.25, 0.3) is 0 Å². The van der Waals surface area contributed by atoms with E-state index in [9.17, 15) is 0 Å². The minimum Gasteiger partial charge on any atom is -0.298 e. The minimum absolute atomic E-state index is 0.0589. The Morgan fingerprint density at radius 2 is 2.08 bits per heavy atom. The van der Waals surface area contributed by atoms with Crippen LogP contribution in [0.4, 0.5) is 0 Å². The first kappa shape index (κ1) is 8.59. The van der Waals surface area contributed by atoms with Gasteiger partial charge in [-0.05, 0) is 11.8 Å². The summed E-state index contributed by atoms with van der Waals surface area (Å²) in [4.78, 5) is 4.43. The molecule has 1 atom stereocenters. The van der Waals surface area contributed by atoms with Gasteiger partial charge >= 0.3 is 0 Å². The van der Waals surface area contributed by atoms with Crippen molar-refractivity contribution in [3.05, 3.63) is 35.9 Å². The highest BCUT2D eigenvalue weighted by molar-refractivity contribution is 8.13. The van der Waals surface area contributed by atoms with E-state index in [1.807, 2.05) is 24.5 Å². The number of benzene rings is 1. The van der Waals surface area contributed by atoms with Crippen molar-refractivity contribution < 1.29 is 0 Å². The number of nitrogens with one attached hydrogen (secondary N) is 2. The third-order valence-corrected chi connectivity index (χ3v) is 2.47. The van der Waals surface area contributed by atoms with E-state index in [-0.39, 0.29) is 6.17 Å². The molecule has 1 aliphatic heterocycles. The standard InChI is InChI=1S/C9H11N3S/c1-13-9-10-8(11-12-9)7-5-3-2-4-6-7/h2-6,8,11H,1H3,(H,10,12). The Morgan fingerprint density at radius 1 is 1.31 bits per heavy atom. The molecular formula is C9H11N3S. The molecule has 4 heteroatoms. The molecule has 0 saturated carbocycles. The lowest BCUT2D eigenvalue weighted by molar-refractivity contribution is 0.575. The molecular weight excluding hydrogens is 182 g/mol. The molecule has 2 rings (SSSR count). The van der Waals surface area contributed by atoms with Crippen LogP contribution in [0.3, 0.4) is 0 Å². The summed E-state index contributed by atoms with van der Waals surface area (Å²) in [6.45, 7) is 0. The first-order valence-electron chi connectivity index (χ1n) is 4.08. The zero-order valence-corrected chi connectivity index (χ0v) is 8.14. The lowest BCUT2D eigenvalue weighted by atomic mass is 10.2. The normalized spacial score (nSPS) is 21.0. The van der Waals surface area contributed by atoms with E-state index in [1.54, 1.807) is 11.8 Å². The quantitative estimate of drug-likeness (QED) is 0.710. The monoisotopic (exact) mass is 193 g/mol.